The smallest absolute Gasteiger partial charge is 0.311 e. The molecule has 0 atom stereocenters. The number of rotatable bonds is 16. The number of benzene rings is 1. The second-order valence-corrected chi connectivity index (χ2v) is 8.49. The second kappa shape index (κ2) is 15.6. The first kappa shape index (κ1) is 25.0. The molecule has 1 aromatic carbocycles. The van der Waals surface area contributed by atoms with Gasteiger partial charge in [-0.3, -0.25) is 4.79 Å². The van der Waals surface area contributed by atoms with E-state index >= 15 is 0 Å². The summed E-state index contributed by atoms with van der Waals surface area (Å²) in [5.41, 5.74) is 2.73. The molecule has 0 radical (unpaired) electrons. The monoisotopic (exact) mass is 424 g/mol. The van der Waals surface area contributed by atoms with Gasteiger partial charge in [0.05, 0.1) is 5.69 Å². The van der Waals surface area contributed by atoms with Crippen LogP contribution in [0.4, 0.5) is 0 Å². The molecule has 0 bridgehead atoms. The third-order valence-electron chi connectivity index (χ3n) is 5.85. The Hall–Kier alpha value is -2.23. The van der Waals surface area contributed by atoms with Crippen molar-refractivity contribution in [3.05, 3.63) is 42.4 Å². The van der Waals surface area contributed by atoms with Crippen molar-refractivity contribution in [1.29, 1.82) is 0 Å². The van der Waals surface area contributed by atoms with Gasteiger partial charge in [-0.1, -0.05) is 96.1 Å². The summed E-state index contributed by atoms with van der Waals surface area (Å²) in [6.07, 6.45) is 20.6. The minimum absolute atomic E-state index is 0.147. The first-order valence-corrected chi connectivity index (χ1v) is 12.3. The van der Waals surface area contributed by atoms with Crippen molar-refractivity contribution in [1.82, 2.24) is 9.97 Å². The molecular weight excluding hydrogens is 384 g/mol. The lowest BCUT2D eigenvalue weighted by Crippen LogP contribution is -2.08. The van der Waals surface area contributed by atoms with E-state index in [-0.39, 0.29) is 5.97 Å². The number of carbonyl (C=O) groups excluding carboxylic acids is 1. The number of aromatic nitrogens is 2. The molecule has 0 unspecified atom stereocenters. The summed E-state index contributed by atoms with van der Waals surface area (Å²) in [5, 5.41) is 0. The fourth-order valence-corrected chi connectivity index (χ4v) is 3.91. The van der Waals surface area contributed by atoms with Crippen LogP contribution < -0.4 is 4.74 Å². The van der Waals surface area contributed by atoms with Crippen molar-refractivity contribution in [2.75, 3.05) is 0 Å². The molecule has 0 aliphatic rings. The third kappa shape index (κ3) is 10.1. The first-order valence-electron chi connectivity index (χ1n) is 12.3. The third-order valence-corrected chi connectivity index (χ3v) is 5.85. The number of unbranched alkanes of at least 4 members (excludes halogenated alkanes) is 12. The molecule has 0 saturated heterocycles. The number of ether oxygens (including phenoxy) is 1. The van der Waals surface area contributed by atoms with Crippen molar-refractivity contribution in [2.45, 2.75) is 104 Å². The predicted molar refractivity (Wildman–Crippen MR) is 128 cm³/mol. The van der Waals surface area contributed by atoms with Crippen LogP contribution in [0.3, 0.4) is 0 Å². The maximum absolute atomic E-state index is 12.3. The van der Waals surface area contributed by atoms with Crippen LogP contribution in [-0.4, -0.2) is 15.9 Å². The highest BCUT2D eigenvalue weighted by molar-refractivity contribution is 5.74. The van der Waals surface area contributed by atoms with Gasteiger partial charge in [-0.25, -0.2) is 9.97 Å². The first-order chi connectivity index (χ1) is 15.2. The number of carbonyl (C=O) groups is 1. The van der Waals surface area contributed by atoms with Crippen molar-refractivity contribution in [3.63, 3.8) is 0 Å². The molecule has 0 aliphatic heterocycles. The summed E-state index contributed by atoms with van der Waals surface area (Å²) >= 11 is 0. The SMILES string of the molecule is CCCCCCCCCCCCCCCC(=O)Oc1cccc(-c2ccncn2)c1C. The van der Waals surface area contributed by atoms with Gasteiger partial charge in [0.15, 0.2) is 0 Å². The molecule has 0 saturated carbocycles. The van der Waals surface area contributed by atoms with E-state index in [1.54, 1.807) is 6.20 Å². The van der Waals surface area contributed by atoms with Gasteiger partial charge >= 0.3 is 5.97 Å². The second-order valence-electron chi connectivity index (χ2n) is 8.49. The molecule has 4 nitrogen and oxygen atoms in total. The molecule has 0 aliphatic carbocycles. The standard InChI is InChI=1S/C27H40N2O2/c1-3-4-5-6-7-8-9-10-11-12-13-14-15-19-27(30)31-26-18-16-17-24(23(26)2)25-20-21-28-22-29-25/h16-18,20-22H,3-15,19H2,1-2H3. The highest BCUT2D eigenvalue weighted by Crippen LogP contribution is 2.28. The number of nitrogens with zero attached hydrogens (tertiary/aromatic N) is 2. The normalized spacial score (nSPS) is 10.9. The lowest BCUT2D eigenvalue weighted by Gasteiger charge is -2.11. The van der Waals surface area contributed by atoms with Crippen molar-refractivity contribution in [2.24, 2.45) is 0 Å². The summed E-state index contributed by atoms with van der Waals surface area (Å²) in [5.74, 6) is 0.474. The fourth-order valence-electron chi connectivity index (χ4n) is 3.91. The Morgan fingerprint density at radius 3 is 2.03 bits per heavy atom. The maximum atomic E-state index is 12.3. The van der Waals surface area contributed by atoms with E-state index in [9.17, 15) is 4.79 Å². The molecule has 1 aromatic heterocycles. The molecule has 2 aromatic rings. The summed E-state index contributed by atoms with van der Waals surface area (Å²) in [6, 6.07) is 7.60. The Bertz CT molecular complexity index is 746. The molecular formula is C27H40N2O2. The molecule has 1 heterocycles. The van der Waals surface area contributed by atoms with Crippen molar-refractivity contribution < 1.29 is 9.53 Å². The van der Waals surface area contributed by atoms with Gasteiger partial charge in [-0.05, 0) is 25.5 Å². The molecule has 31 heavy (non-hydrogen) atoms. The summed E-state index contributed by atoms with van der Waals surface area (Å²) in [6.45, 7) is 4.23. The van der Waals surface area contributed by atoms with Gasteiger partial charge in [-0.2, -0.15) is 0 Å². The quantitative estimate of drug-likeness (QED) is 0.156. The lowest BCUT2D eigenvalue weighted by atomic mass is 10.0. The summed E-state index contributed by atoms with van der Waals surface area (Å²) < 4.78 is 5.63. The number of hydrogen-bond acceptors (Lipinski definition) is 4. The molecule has 4 heteroatoms. The topological polar surface area (TPSA) is 52.1 Å². The largest absolute Gasteiger partial charge is 0.426 e. The molecule has 170 valence electrons. The average Bonchev–Trinajstić information content (AvgIpc) is 2.79. The Balaban J connectivity index is 1.55. The van der Waals surface area contributed by atoms with Crippen LogP contribution in [0.1, 0.15) is 102 Å². The Morgan fingerprint density at radius 1 is 0.839 bits per heavy atom. The molecule has 0 N–H and O–H groups in total. The van der Waals surface area contributed by atoms with E-state index in [0.29, 0.717) is 12.2 Å². The zero-order valence-corrected chi connectivity index (χ0v) is 19.6. The van der Waals surface area contributed by atoms with Crippen molar-refractivity contribution >= 4 is 5.97 Å². The molecule has 0 spiro atoms. The van der Waals surface area contributed by atoms with Gasteiger partial charge in [0.25, 0.3) is 0 Å². The van der Waals surface area contributed by atoms with E-state index in [1.165, 1.54) is 77.0 Å². The van der Waals surface area contributed by atoms with Gasteiger partial charge < -0.3 is 4.74 Å². The Labute approximate surface area is 188 Å². The Kier molecular flexibility index (Phi) is 12.6. The fraction of sp³-hybridized carbons (Fsp3) is 0.593. The molecule has 2 rings (SSSR count). The van der Waals surface area contributed by atoms with Gasteiger partial charge in [0.2, 0.25) is 0 Å². The minimum Gasteiger partial charge on any atom is -0.426 e. The van der Waals surface area contributed by atoms with Crippen LogP contribution in [0.15, 0.2) is 36.8 Å². The van der Waals surface area contributed by atoms with Gasteiger partial charge in [0, 0.05) is 23.7 Å². The van der Waals surface area contributed by atoms with E-state index in [2.05, 4.69) is 16.9 Å². The summed E-state index contributed by atoms with van der Waals surface area (Å²) in [4.78, 5) is 20.5. The van der Waals surface area contributed by atoms with E-state index in [4.69, 9.17) is 4.74 Å². The van der Waals surface area contributed by atoms with Crippen LogP contribution in [0, 0.1) is 6.92 Å². The zero-order chi connectivity index (χ0) is 22.2. The van der Waals surface area contributed by atoms with Crippen LogP contribution >= 0.6 is 0 Å². The molecule has 0 amide bonds. The molecule has 0 fully saturated rings. The Morgan fingerprint density at radius 2 is 1.45 bits per heavy atom. The van der Waals surface area contributed by atoms with E-state index in [0.717, 1.165) is 29.7 Å². The van der Waals surface area contributed by atoms with Crippen LogP contribution in [0.25, 0.3) is 11.3 Å². The average molecular weight is 425 g/mol. The lowest BCUT2D eigenvalue weighted by molar-refractivity contribution is -0.134. The van der Waals surface area contributed by atoms with Gasteiger partial charge in [0.1, 0.15) is 12.1 Å². The maximum Gasteiger partial charge on any atom is 0.311 e. The van der Waals surface area contributed by atoms with Crippen LogP contribution in [0.5, 0.6) is 5.75 Å². The van der Waals surface area contributed by atoms with Gasteiger partial charge in [-0.15, -0.1) is 0 Å². The van der Waals surface area contributed by atoms with E-state index < -0.39 is 0 Å². The highest BCUT2D eigenvalue weighted by atomic mass is 16.5. The number of esters is 1. The van der Waals surface area contributed by atoms with Crippen LogP contribution in [0.2, 0.25) is 0 Å². The van der Waals surface area contributed by atoms with Crippen LogP contribution in [-0.2, 0) is 4.79 Å². The van der Waals surface area contributed by atoms with Crippen molar-refractivity contribution in [3.8, 4) is 17.0 Å². The van der Waals surface area contributed by atoms with E-state index in [1.807, 2.05) is 31.2 Å². The minimum atomic E-state index is -0.147. The number of hydrogen-bond donors (Lipinski definition) is 0. The zero-order valence-electron chi connectivity index (χ0n) is 19.6. The summed E-state index contributed by atoms with van der Waals surface area (Å²) in [7, 11) is 0. The predicted octanol–water partition coefficient (Wildman–Crippen LogP) is 7.84. The highest BCUT2D eigenvalue weighted by Gasteiger charge is 2.11.